The molecule has 0 amide bonds. The van der Waals surface area contributed by atoms with Gasteiger partial charge in [-0.1, -0.05) is 57.7 Å². The number of piperidine rings is 2. The van der Waals surface area contributed by atoms with E-state index in [0.717, 1.165) is 114 Å². The normalized spacial score (nSPS) is 20.8. The number of benzene rings is 8. The van der Waals surface area contributed by atoms with Gasteiger partial charge in [0.2, 0.25) is 0 Å². The monoisotopic (exact) mass is 1600 g/mol. The highest BCUT2D eigenvalue weighted by molar-refractivity contribution is 6.15. The second-order valence-electron chi connectivity index (χ2n) is 32.9. The van der Waals surface area contributed by atoms with Gasteiger partial charge in [-0.3, -0.25) is 58.0 Å². The zero-order valence-electron chi connectivity index (χ0n) is 66.8. The number of likely N-dealkylation sites (tertiary alicyclic amines) is 4. The van der Waals surface area contributed by atoms with Gasteiger partial charge >= 0.3 is 0 Å². The number of carbonyl (C=O) groups is 8. The second-order valence-corrected chi connectivity index (χ2v) is 32.9. The third-order valence-corrected chi connectivity index (χ3v) is 25.0. The van der Waals surface area contributed by atoms with Crippen molar-refractivity contribution in [1.82, 2.24) is 40.2 Å². The van der Waals surface area contributed by atoms with Crippen molar-refractivity contribution < 1.29 is 75.4 Å². The van der Waals surface area contributed by atoms with Crippen LogP contribution in [0.25, 0.3) is 87.0 Å². The van der Waals surface area contributed by atoms with Crippen molar-refractivity contribution in [2.75, 3.05) is 105 Å². The molecule has 4 atom stereocenters. The van der Waals surface area contributed by atoms with Gasteiger partial charge in [0, 0.05) is 51.9 Å². The van der Waals surface area contributed by atoms with Crippen LogP contribution in [-0.4, -0.2) is 191 Å². The molecule has 0 bridgehead atoms. The standard InChI is InChI=1S/2C24H26N2O4.2C23H24N2O4/c2*27-17-5-7-20(21(28)15-17)24-23-19-8-6-18(14-16(19)4-9-22(23)30-25-24)29-13-12-26-10-2-1-3-11-26;2*26-16-4-6-19(20(27)14-16)23-22-18-7-5-17(28-12-11-25-9-1-2-10-25)13-15(18)3-8-21(22)29-24-23/h2*4,6,8-9,14,20H,1-3,5,7,10-13,15H2;2*3,5,7-8,13,19H,1-2,4,6,9-12,14H2/t2*20-;2*19-/m1010/s1. The van der Waals surface area contributed by atoms with E-state index in [-0.39, 0.29) is 95.6 Å². The number of fused-ring (bicyclic) bond motifs is 12. The lowest BCUT2D eigenvalue weighted by Crippen LogP contribution is -2.33. The van der Waals surface area contributed by atoms with Gasteiger partial charge < -0.3 is 37.0 Å². The molecule has 24 nitrogen and oxygen atoms in total. The summed E-state index contributed by atoms with van der Waals surface area (Å²) < 4.78 is 46.0. The lowest BCUT2D eigenvalue weighted by molar-refractivity contribution is -0.132. The fourth-order valence-corrected chi connectivity index (χ4v) is 18.6. The van der Waals surface area contributed by atoms with Crippen LogP contribution in [0.3, 0.4) is 0 Å². The summed E-state index contributed by atoms with van der Waals surface area (Å²) in [4.78, 5) is 106. The summed E-state index contributed by atoms with van der Waals surface area (Å²) >= 11 is 0. The van der Waals surface area contributed by atoms with E-state index in [9.17, 15) is 38.4 Å². The molecule has 4 saturated carbocycles. The zero-order chi connectivity index (χ0) is 80.6. The van der Waals surface area contributed by atoms with Crippen LogP contribution < -0.4 is 18.9 Å². The predicted octanol–water partition coefficient (Wildman–Crippen LogP) is 16.2. The summed E-state index contributed by atoms with van der Waals surface area (Å²) in [5.74, 6) is 1.73. The molecule has 4 aliphatic carbocycles. The molecule has 24 heteroatoms. The number of rotatable bonds is 20. The van der Waals surface area contributed by atoms with Crippen molar-refractivity contribution in [2.24, 2.45) is 0 Å². The van der Waals surface area contributed by atoms with E-state index >= 15 is 0 Å². The van der Waals surface area contributed by atoms with E-state index < -0.39 is 0 Å². The van der Waals surface area contributed by atoms with Gasteiger partial charge in [0.05, 0.1) is 70.9 Å². The SMILES string of the molecule is O=C1CC[C@@H](c2noc3ccc4cc(OCCN5CCCC5)ccc4c23)C(=O)C1.O=C1CC[C@@H](c2noc3ccc4cc(OCCN5CCCCC5)ccc4c23)C(=O)C1.O=C1CC[C@H](c2noc3ccc4cc(OCCN5CCCC5)ccc4c23)C(=O)C1.O=C1CC[C@H](c2noc3ccc4cc(OCCN5CCCCC5)ccc4c23)C(=O)C1. The molecule has 4 aromatic heterocycles. The van der Waals surface area contributed by atoms with Crippen LogP contribution in [0.1, 0.15) is 188 Å². The molecular weight excluding hydrogens is 1500 g/mol. The molecule has 4 aliphatic heterocycles. The van der Waals surface area contributed by atoms with Crippen LogP contribution in [0.15, 0.2) is 139 Å². The maximum absolute atomic E-state index is 12.5. The largest absolute Gasteiger partial charge is 0.492 e. The lowest BCUT2D eigenvalue weighted by Gasteiger charge is -2.26. The molecule has 118 heavy (non-hydrogen) atoms. The molecule has 0 radical (unpaired) electrons. The van der Waals surface area contributed by atoms with Gasteiger partial charge in [-0.05, 0) is 270 Å². The van der Waals surface area contributed by atoms with Crippen LogP contribution in [0, 0.1) is 0 Å². The minimum Gasteiger partial charge on any atom is -0.492 e. The van der Waals surface area contributed by atoms with Crippen LogP contribution in [0.4, 0.5) is 0 Å². The summed E-state index contributed by atoms with van der Waals surface area (Å²) in [6, 6.07) is 39.6. The van der Waals surface area contributed by atoms with Gasteiger partial charge in [-0.25, -0.2) is 0 Å². The number of hydrogen-bond acceptors (Lipinski definition) is 24. The maximum Gasteiger partial charge on any atom is 0.167 e. The number of ether oxygens (including phenoxy) is 4. The quantitative estimate of drug-likeness (QED) is 0.0640. The Hall–Kier alpha value is -10.9. The molecular formula is C94H100N8O16. The fourth-order valence-electron chi connectivity index (χ4n) is 18.6. The molecule has 8 heterocycles. The van der Waals surface area contributed by atoms with Gasteiger partial charge in [-0.15, -0.1) is 0 Å². The van der Waals surface area contributed by atoms with Crippen molar-refractivity contribution in [2.45, 2.75) is 165 Å². The number of ketones is 8. The highest BCUT2D eigenvalue weighted by atomic mass is 16.5. The Balaban J connectivity index is 0.000000113. The van der Waals surface area contributed by atoms with Crippen LogP contribution in [0.5, 0.6) is 23.0 Å². The summed E-state index contributed by atoms with van der Waals surface area (Å²) in [5, 5.41) is 28.5. The highest BCUT2D eigenvalue weighted by Crippen LogP contribution is 2.43. The summed E-state index contributed by atoms with van der Waals surface area (Å²) in [7, 11) is 0. The second kappa shape index (κ2) is 36.5. The van der Waals surface area contributed by atoms with Crippen molar-refractivity contribution >= 4 is 133 Å². The van der Waals surface area contributed by atoms with E-state index in [1.165, 1.54) is 117 Å². The maximum atomic E-state index is 12.5. The van der Waals surface area contributed by atoms with E-state index in [0.29, 0.717) is 123 Å². The average Bonchev–Trinajstić information content (AvgIpc) is 1.60. The topological polar surface area (TPSA) is 291 Å². The summed E-state index contributed by atoms with van der Waals surface area (Å²) in [5.41, 5.74) is 5.30. The Morgan fingerprint density at radius 2 is 0.500 bits per heavy atom. The minimum absolute atomic E-state index is 0.00120. The molecule has 612 valence electrons. The third-order valence-electron chi connectivity index (χ3n) is 25.0. The highest BCUT2D eigenvalue weighted by Gasteiger charge is 2.37. The van der Waals surface area contributed by atoms with Crippen molar-refractivity contribution in [1.29, 1.82) is 0 Å². The molecule has 8 aromatic carbocycles. The van der Waals surface area contributed by atoms with Crippen molar-refractivity contribution in [3.05, 3.63) is 144 Å². The first-order chi connectivity index (χ1) is 57.7. The molecule has 8 aliphatic rings. The molecule has 0 N–H and O–H groups in total. The Kier molecular flexibility index (Phi) is 24.6. The molecule has 0 spiro atoms. The zero-order valence-corrected chi connectivity index (χ0v) is 66.8. The third kappa shape index (κ3) is 18.1. The first kappa shape index (κ1) is 79.5. The van der Waals surface area contributed by atoms with Gasteiger partial charge in [0.1, 0.15) is 118 Å². The molecule has 0 unspecified atom stereocenters. The summed E-state index contributed by atoms with van der Waals surface area (Å²) in [6.07, 6.45) is 16.6. The van der Waals surface area contributed by atoms with E-state index in [1.54, 1.807) is 0 Å². The van der Waals surface area contributed by atoms with Gasteiger partial charge in [-0.2, -0.15) is 0 Å². The van der Waals surface area contributed by atoms with Crippen LogP contribution >= 0.6 is 0 Å². The smallest absolute Gasteiger partial charge is 0.167 e. The first-order valence-electron chi connectivity index (χ1n) is 42.6. The Labute approximate surface area is 682 Å². The number of aromatic nitrogens is 4. The van der Waals surface area contributed by atoms with Gasteiger partial charge in [0.15, 0.2) is 22.3 Å². The summed E-state index contributed by atoms with van der Waals surface area (Å²) in [6.45, 7) is 15.9. The average molecular weight is 1600 g/mol. The fraction of sp³-hybridized carbons (Fsp3) is 0.447. The molecule has 20 rings (SSSR count). The molecule has 4 saturated heterocycles. The Bertz CT molecular complexity index is 5410. The number of carbonyl (C=O) groups excluding carboxylic acids is 8. The Morgan fingerprint density at radius 3 is 0.720 bits per heavy atom. The van der Waals surface area contributed by atoms with E-state index in [1.807, 2.05) is 121 Å². The Morgan fingerprint density at radius 1 is 0.280 bits per heavy atom. The first-order valence-corrected chi connectivity index (χ1v) is 42.6. The van der Waals surface area contributed by atoms with E-state index in [4.69, 9.17) is 37.0 Å². The number of hydrogen-bond donors (Lipinski definition) is 0. The van der Waals surface area contributed by atoms with Gasteiger partial charge in [0.25, 0.3) is 0 Å². The predicted molar refractivity (Wildman–Crippen MR) is 446 cm³/mol. The molecule has 8 fully saturated rings. The van der Waals surface area contributed by atoms with Crippen LogP contribution in [-0.2, 0) is 38.4 Å². The van der Waals surface area contributed by atoms with Crippen molar-refractivity contribution in [3.8, 4) is 23.0 Å². The minimum atomic E-state index is -0.366. The number of nitrogens with zero attached hydrogens (tertiary/aromatic N) is 8. The van der Waals surface area contributed by atoms with Crippen LogP contribution in [0.2, 0.25) is 0 Å². The van der Waals surface area contributed by atoms with Crippen molar-refractivity contribution in [3.63, 3.8) is 0 Å². The molecule has 12 aromatic rings. The van der Waals surface area contributed by atoms with E-state index in [2.05, 4.69) is 40.2 Å². The number of Topliss-reactive ketones (excluding diaryl/α,β-unsaturated/α-hetero) is 8. The lowest BCUT2D eigenvalue weighted by atomic mass is 9.83.